The number of nitrogens with zero attached hydrogens (tertiary/aromatic N) is 2. The van der Waals surface area contributed by atoms with Crippen LogP contribution in [0.3, 0.4) is 0 Å². The minimum absolute atomic E-state index is 0.636. The molecule has 5 nitrogen and oxygen atoms in total. The van der Waals surface area contributed by atoms with Gasteiger partial charge >= 0.3 is 0 Å². The Kier molecular flexibility index (Phi) is 5.03. The van der Waals surface area contributed by atoms with Crippen LogP contribution in [0, 0.1) is 0 Å². The zero-order valence-corrected chi connectivity index (χ0v) is 14.5. The number of aromatic nitrogens is 1. The largest absolute Gasteiger partial charge is 0.490 e. The highest BCUT2D eigenvalue weighted by Crippen LogP contribution is 2.34. The van der Waals surface area contributed by atoms with Crippen molar-refractivity contribution in [2.75, 3.05) is 25.5 Å². The average Bonchev–Trinajstić information content (AvgIpc) is 2.93. The van der Waals surface area contributed by atoms with Crippen LogP contribution in [0.25, 0.3) is 0 Å². The normalized spacial score (nSPS) is 14.5. The third-order valence-electron chi connectivity index (χ3n) is 3.91. The van der Waals surface area contributed by atoms with Gasteiger partial charge in [-0.25, -0.2) is 4.98 Å². The highest BCUT2D eigenvalue weighted by Gasteiger charge is 2.20. The fourth-order valence-electron chi connectivity index (χ4n) is 2.91. The van der Waals surface area contributed by atoms with E-state index in [0.29, 0.717) is 18.3 Å². The van der Waals surface area contributed by atoms with E-state index >= 15 is 0 Å². The summed E-state index contributed by atoms with van der Waals surface area (Å²) in [6, 6.07) is 4.28. The Hall–Kier alpha value is -1.79. The second-order valence-corrected chi connectivity index (χ2v) is 6.71. The van der Waals surface area contributed by atoms with Gasteiger partial charge in [0.1, 0.15) is 0 Å². The molecule has 0 bridgehead atoms. The SMILES string of the molecule is CCOc1cc2c(cc1OCC)CN(Cc1cnc(N)s1)CC2. The van der Waals surface area contributed by atoms with E-state index in [0.717, 1.165) is 37.6 Å². The number of benzene rings is 1. The number of fused-ring (bicyclic) bond motifs is 1. The van der Waals surface area contributed by atoms with E-state index in [-0.39, 0.29) is 0 Å². The maximum Gasteiger partial charge on any atom is 0.180 e. The Morgan fingerprint density at radius 2 is 1.87 bits per heavy atom. The van der Waals surface area contributed by atoms with Crippen LogP contribution in [0.2, 0.25) is 0 Å². The van der Waals surface area contributed by atoms with Gasteiger partial charge in [0.05, 0.1) is 13.2 Å². The van der Waals surface area contributed by atoms with Gasteiger partial charge in [0.15, 0.2) is 16.6 Å². The third kappa shape index (κ3) is 3.76. The molecule has 2 heterocycles. The molecule has 1 aliphatic heterocycles. The first-order valence-corrected chi connectivity index (χ1v) is 8.85. The van der Waals surface area contributed by atoms with Gasteiger partial charge in [-0.2, -0.15) is 0 Å². The van der Waals surface area contributed by atoms with Crippen LogP contribution in [0.4, 0.5) is 5.13 Å². The summed E-state index contributed by atoms with van der Waals surface area (Å²) in [6.45, 7) is 8.13. The van der Waals surface area contributed by atoms with Gasteiger partial charge in [0.2, 0.25) is 0 Å². The molecule has 3 rings (SSSR count). The van der Waals surface area contributed by atoms with Gasteiger partial charge in [-0.1, -0.05) is 0 Å². The van der Waals surface area contributed by atoms with E-state index < -0.39 is 0 Å². The van der Waals surface area contributed by atoms with Gasteiger partial charge in [0.25, 0.3) is 0 Å². The summed E-state index contributed by atoms with van der Waals surface area (Å²) in [6.07, 6.45) is 2.90. The number of rotatable bonds is 6. The molecule has 0 saturated carbocycles. The molecular weight excluding hydrogens is 310 g/mol. The van der Waals surface area contributed by atoms with Gasteiger partial charge in [-0.3, -0.25) is 4.90 Å². The second kappa shape index (κ2) is 7.19. The van der Waals surface area contributed by atoms with Crippen LogP contribution in [0.5, 0.6) is 11.5 Å². The van der Waals surface area contributed by atoms with Crippen molar-refractivity contribution in [2.45, 2.75) is 33.4 Å². The summed E-state index contributed by atoms with van der Waals surface area (Å²) in [5, 5.41) is 0.636. The third-order valence-corrected chi connectivity index (χ3v) is 4.72. The van der Waals surface area contributed by atoms with Crippen molar-refractivity contribution in [3.05, 3.63) is 34.3 Å². The first-order valence-electron chi connectivity index (χ1n) is 8.03. The van der Waals surface area contributed by atoms with E-state index in [1.54, 1.807) is 11.3 Å². The standard InChI is InChI=1S/C17H23N3O2S/c1-3-21-15-7-12-5-6-20(11-14-9-19-17(18)23-14)10-13(12)8-16(15)22-4-2/h7-9H,3-6,10-11H2,1-2H3,(H2,18,19). The summed E-state index contributed by atoms with van der Waals surface area (Å²) < 4.78 is 11.5. The molecule has 23 heavy (non-hydrogen) atoms. The second-order valence-electron chi connectivity index (χ2n) is 5.56. The molecule has 1 aromatic carbocycles. The van der Waals surface area contributed by atoms with Crippen molar-refractivity contribution < 1.29 is 9.47 Å². The Morgan fingerprint density at radius 3 is 2.48 bits per heavy atom. The highest BCUT2D eigenvalue weighted by atomic mass is 32.1. The van der Waals surface area contributed by atoms with E-state index in [1.165, 1.54) is 16.0 Å². The van der Waals surface area contributed by atoms with Crippen molar-refractivity contribution in [1.29, 1.82) is 0 Å². The van der Waals surface area contributed by atoms with Gasteiger partial charge in [0, 0.05) is 30.7 Å². The van der Waals surface area contributed by atoms with Gasteiger partial charge in [-0.05, 0) is 43.5 Å². The molecule has 0 atom stereocenters. The van der Waals surface area contributed by atoms with Crippen molar-refractivity contribution in [1.82, 2.24) is 9.88 Å². The molecule has 0 radical (unpaired) electrons. The molecule has 1 aromatic heterocycles. The predicted octanol–water partition coefficient (Wildman–Crippen LogP) is 3.08. The number of nitrogens with two attached hydrogens (primary N) is 1. The lowest BCUT2D eigenvalue weighted by Crippen LogP contribution is -2.29. The lowest BCUT2D eigenvalue weighted by atomic mass is 9.99. The van der Waals surface area contributed by atoms with Crippen molar-refractivity contribution in [2.24, 2.45) is 0 Å². The summed E-state index contributed by atoms with van der Waals surface area (Å²) >= 11 is 1.56. The van der Waals surface area contributed by atoms with Crippen molar-refractivity contribution in [3.8, 4) is 11.5 Å². The fourth-order valence-corrected chi connectivity index (χ4v) is 3.64. The molecule has 1 aliphatic rings. The van der Waals surface area contributed by atoms with Crippen LogP contribution in [-0.4, -0.2) is 29.6 Å². The summed E-state index contributed by atoms with van der Waals surface area (Å²) in [5.41, 5.74) is 8.40. The molecule has 2 aromatic rings. The number of ether oxygens (including phenoxy) is 2. The molecule has 6 heteroatoms. The van der Waals surface area contributed by atoms with Gasteiger partial charge in [-0.15, -0.1) is 11.3 Å². The first-order chi connectivity index (χ1) is 11.2. The summed E-state index contributed by atoms with van der Waals surface area (Å²) in [5.74, 6) is 1.70. The molecule has 0 fully saturated rings. The molecule has 0 spiro atoms. The number of hydrogen-bond acceptors (Lipinski definition) is 6. The summed E-state index contributed by atoms with van der Waals surface area (Å²) in [7, 11) is 0. The average molecular weight is 333 g/mol. The topological polar surface area (TPSA) is 60.6 Å². The Bertz CT molecular complexity index is 672. The van der Waals surface area contributed by atoms with Crippen LogP contribution in [0.15, 0.2) is 18.3 Å². The molecule has 124 valence electrons. The number of nitrogen functional groups attached to an aromatic ring is 1. The maximum absolute atomic E-state index is 5.74. The molecular formula is C17H23N3O2S. The number of anilines is 1. The molecule has 2 N–H and O–H groups in total. The lowest BCUT2D eigenvalue weighted by molar-refractivity contribution is 0.244. The van der Waals surface area contributed by atoms with E-state index in [1.807, 2.05) is 20.0 Å². The Morgan fingerprint density at radius 1 is 1.17 bits per heavy atom. The maximum atomic E-state index is 5.74. The van der Waals surface area contributed by atoms with E-state index in [2.05, 4.69) is 22.0 Å². The quantitative estimate of drug-likeness (QED) is 0.880. The zero-order chi connectivity index (χ0) is 16.2. The highest BCUT2D eigenvalue weighted by molar-refractivity contribution is 7.15. The van der Waals surface area contributed by atoms with E-state index in [4.69, 9.17) is 15.2 Å². The number of hydrogen-bond donors (Lipinski definition) is 1. The predicted molar refractivity (Wildman–Crippen MR) is 93.1 cm³/mol. The lowest BCUT2D eigenvalue weighted by Gasteiger charge is -2.29. The summed E-state index contributed by atoms with van der Waals surface area (Å²) in [4.78, 5) is 7.76. The van der Waals surface area contributed by atoms with Crippen molar-refractivity contribution >= 4 is 16.5 Å². The molecule has 0 saturated heterocycles. The first kappa shape index (κ1) is 16.1. The van der Waals surface area contributed by atoms with Crippen LogP contribution < -0.4 is 15.2 Å². The number of thiazole rings is 1. The minimum atomic E-state index is 0.636. The van der Waals surface area contributed by atoms with Crippen LogP contribution in [0.1, 0.15) is 29.9 Å². The van der Waals surface area contributed by atoms with Crippen LogP contribution in [-0.2, 0) is 19.5 Å². The Labute approximate surface area is 141 Å². The van der Waals surface area contributed by atoms with Crippen molar-refractivity contribution in [3.63, 3.8) is 0 Å². The minimum Gasteiger partial charge on any atom is -0.490 e. The smallest absolute Gasteiger partial charge is 0.180 e. The molecule has 0 aliphatic carbocycles. The Balaban J connectivity index is 1.77. The fraction of sp³-hybridized carbons (Fsp3) is 0.471. The monoisotopic (exact) mass is 333 g/mol. The molecule has 0 unspecified atom stereocenters. The van der Waals surface area contributed by atoms with Gasteiger partial charge < -0.3 is 15.2 Å². The van der Waals surface area contributed by atoms with E-state index in [9.17, 15) is 0 Å². The molecule has 0 amide bonds. The van der Waals surface area contributed by atoms with Crippen LogP contribution >= 0.6 is 11.3 Å². The zero-order valence-electron chi connectivity index (χ0n) is 13.7.